The lowest BCUT2D eigenvalue weighted by atomic mass is 10.1. The largest absolute Gasteiger partial charge is 0.319 e. The van der Waals surface area contributed by atoms with Gasteiger partial charge in [0.25, 0.3) is 5.91 Å². The minimum atomic E-state index is -0.638. The summed E-state index contributed by atoms with van der Waals surface area (Å²) < 4.78 is 13.7. The Hall–Kier alpha value is -2.73. The molecular weight excluding hydrogens is 335 g/mol. The van der Waals surface area contributed by atoms with Gasteiger partial charge in [-0.1, -0.05) is 11.6 Å². The van der Waals surface area contributed by atoms with Crippen LogP contribution >= 0.6 is 11.6 Å². The normalized spacial score (nSPS) is 14.2. The smallest absolute Gasteiger partial charge is 0.255 e. The van der Waals surface area contributed by atoms with Crippen molar-refractivity contribution in [3.8, 4) is 0 Å². The van der Waals surface area contributed by atoms with Gasteiger partial charge >= 0.3 is 0 Å². The van der Waals surface area contributed by atoms with E-state index in [2.05, 4.69) is 5.32 Å². The van der Waals surface area contributed by atoms with E-state index in [4.69, 9.17) is 11.6 Å². The highest BCUT2D eigenvalue weighted by atomic mass is 35.5. The number of nitrogens with one attached hydrogen (secondary N) is 1. The maximum Gasteiger partial charge on any atom is 0.255 e. The number of anilines is 2. The first-order chi connectivity index (χ1) is 11.5. The number of carbonyl (C=O) groups is 3. The molecule has 1 aliphatic heterocycles. The summed E-state index contributed by atoms with van der Waals surface area (Å²) in [5.41, 5.74) is 0.697. The third-order valence-corrected chi connectivity index (χ3v) is 3.85. The van der Waals surface area contributed by atoms with E-state index >= 15 is 0 Å². The molecule has 0 bridgehead atoms. The second kappa shape index (κ2) is 6.41. The van der Waals surface area contributed by atoms with Crippen LogP contribution in [0.2, 0.25) is 5.02 Å². The molecule has 3 amide bonds. The molecule has 7 heteroatoms. The number of amides is 3. The van der Waals surface area contributed by atoms with Crippen LogP contribution in [0.1, 0.15) is 23.2 Å². The number of benzene rings is 2. The summed E-state index contributed by atoms with van der Waals surface area (Å²) in [5, 5.41) is 2.67. The molecule has 0 aromatic heterocycles. The van der Waals surface area contributed by atoms with E-state index in [0.717, 1.165) is 11.0 Å². The molecule has 122 valence electrons. The molecular formula is C17H12ClFN2O3. The van der Waals surface area contributed by atoms with Gasteiger partial charge in [-0.05, 0) is 42.5 Å². The molecule has 2 aromatic carbocycles. The van der Waals surface area contributed by atoms with Gasteiger partial charge in [0.15, 0.2) is 0 Å². The van der Waals surface area contributed by atoms with Crippen molar-refractivity contribution in [1.29, 1.82) is 0 Å². The fourth-order valence-electron chi connectivity index (χ4n) is 2.41. The Morgan fingerprint density at radius 1 is 1.04 bits per heavy atom. The maximum absolute atomic E-state index is 13.7. The maximum atomic E-state index is 13.7. The van der Waals surface area contributed by atoms with E-state index in [9.17, 15) is 18.8 Å². The van der Waals surface area contributed by atoms with Crippen LogP contribution in [-0.2, 0) is 9.59 Å². The van der Waals surface area contributed by atoms with Crippen LogP contribution in [0.15, 0.2) is 42.5 Å². The summed E-state index contributed by atoms with van der Waals surface area (Å²) in [6.07, 6.45) is 0.383. The molecule has 0 atom stereocenters. The molecule has 1 aliphatic rings. The first-order valence-corrected chi connectivity index (χ1v) is 7.56. The van der Waals surface area contributed by atoms with Crippen molar-refractivity contribution in [2.24, 2.45) is 0 Å². The second-order valence-electron chi connectivity index (χ2n) is 5.25. The van der Waals surface area contributed by atoms with Gasteiger partial charge in [0, 0.05) is 23.4 Å². The molecule has 24 heavy (non-hydrogen) atoms. The van der Waals surface area contributed by atoms with Gasteiger partial charge in [-0.2, -0.15) is 0 Å². The summed E-state index contributed by atoms with van der Waals surface area (Å²) in [6.45, 7) is 0. The van der Waals surface area contributed by atoms with Crippen molar-refractivity contribution in [3.05, 3.63) is 58.9 Å². The minimum Gasteiger partial charge on any atom is -0.319 e. The number of carbonyl (C=O) groups excluding carboxylic acids is 3. The standard InChI is InChI=1S/C17H12ClFN2O3/c18-11-3-6-14(13(19)9-11)20-17(24)10-1-4-12(5-2-10)21-15(22)7-8-16(21)23/h1-6,9H,7-8H2,(H,20,24). The summed E-state index contributed by atoms with van der Waals surface area (Å²) >= 11 is 5.66. The van der Waals surface area contributed by atoms with Gasteiger partial charge in [-0.25, -0.2) is 4.39 Å². The number of rotatable bonds is 3. The molecule has 0 spiro atoms. The summed E-state index contributed by atoms with van der Waals surface area (Å²) in [6, 6.07) is 9.89. The SMILES string of the molecule is O=C(Nc1ccc(Cl)cc1F)c1ccc(N2C(=O)CCC2=O)cc1. The van der Waals surface area contributed by atoms with Crippen LogP contribution in [-0.4, -0.2) is 17.7 Å². The van der Waals surface area contributed by atoms with E-state index < -0.39 is 11.7 Å². The Kier molecular flexibility index (Phi) is 4.31. The zero-order chi connectivity index (χ0) is 17.3. The number of imide groups is 1. The lowest BCUT2D eigenvalue weighted by Crippen LogP contribution is -2.28. The minimum absolute atomic E-state index is 0.0124. The fourth-order valence-corrected chi connectivity index (χ4v) is 2.57. The quantitative estimate of drug-likeness (QED) is 0.866. The molecule has 0 saturated carbocycles. The number of halogens is 2. The highest BCUT2D eigenvalue weighted by Gasteiger charge is 2.30. The Morgan fingerprint density at radius 3 is 2.25 bits per heavy atom. The molecule has 1 heterocycles. The van der Waals surface area contributed by atoms with Crippen molar-refractivity contribution >= 4 is 40.7 Å². The fraction of sp³-hybridized carbons (Fsp3) is 0.118. The van der Waals surface area contributed by atoms with Gasteiger partial charge in [0.05, 0.1) is 11.4 Å². The summed E-state index contributed by atoms with van der Waals surface area (Å²) in [4.78, 5) is 36.6. The molecule has 1 fully saturated rings. The zero-order valence-electron chi connectivity index (χ0n) is 12.4. The molecule has 0 radical (unpaired) electrons. The van der Waals surface area contributed by atoms with Crippen molar-refractivity contribution in [3.63, 3.8) is 0 Å². The van der Waals surface area contributed by atoms with E-state index in [1.807, 2.05) is 0 Å². The summed E-state index contributed by atoms with van der Waals surface area (Å²) in [5.74, 6) is -1.68. The third-order valence-electron chi connectivity index (χ3n) is 3.62. The third kappa shape index (κ3) is 3.14. The van der Waals surface area contributed by atoms with Crippen LogP contribution in [0.4, 0.5) is 15.8 Å². The van der Waals surface area contributed by atoms with Crippen molar-refractivity contribution in [2.75, 3.05) is 10.2 Å². The van der Waals surface area contributed by atoms with Gasteiger partial charge in [-0.15, -0.1) is 0 Å². The van der Waals surface area contributed by atoms with Crippen LogP contribution in [0.25, 0.3) is 0 Å². The van der Waals surface area contributed by atoms with E-state index in [1.54, 1.807) is 0 Å². The first kappa shape index (κ1) is 16.1. The van der Waals surface area contributed by atoms with Crippen LogP contribution in [0, 0.1) is 5.82 Å². The Balaban J connectivity index is 1.76. The molecule has 0 aliphatic carbocycles. The van der Waals surface area contributed by atoms with E-state index in [-0.39, 0.29) is 40.9 Å². The predicted octanol–water partition coefficient (Wildman–Crippen LogP) is 3.38. The van der Waals surface area contributed by atoms with E-state index in [0.29, 0.717) is 5.69 Å². The highest BCUT2D eigenvalue weighted by Crippen LogP contribution is 2.24. The average Bonchev–Trinajstić information content (AvgIpc) is 2.89. The molecule has 5 nitrogen and oxygen atoms in total. The number of hydrogen-bond acceptors (Lipinski definition) is 3. The van der Waals surface area contributed by atoms with Crippen molar-refractivity contribution in [1.82, 2.24) is 0 Å². The second-order valence-corrected chi connectivity index (χ2v) is 5.68. The molecule has 3 rings (SSSR count). The molecule has 1 N–H and O–H groups in total. The van der Waals surface area contributed by atoms with Gasteiger partial charge in [0.2, 0.25) is 11.8 Å². The molecule has 0 unspecified atom stereocenters. The Morgan fingerprint density at radius 2 is 1.67 bits per heavy atom. The first-order valence-electron chi connectivity index (χ1n) is 7.18. The lowest BCUT2D eigenvalue weighted by molar-refractivity contribution is -0.121. The van der Waals surface area contributed by atoms with E-state index in [1.165, 1.54) is 36.4 Å². The van der Waals surface area contributed by atoms with Crippen LogP contribution in [0.3, 0.4) is 0 Å². The monoisotopic (exact) mass is 346 g/mol. The highest BCUT2D eigenvalue weighted by molar-refractivity contribution is 6.30. The predicted molar refractivity (Wildman–Crippen MR) is 87.5 cm³/mol. The van der Waals surface area contributed by atoms with Crippen LogP contribution in [0.5, 0.6) is 0 Å². The topological polar surface area (TPSA) is 66.5 Å². The zero-order valence-corrected chi connectivity index (χ0v) is 13.1. The van der Waals surface area contributed by atoms with Gasteiger partial charge in [-0.3, -0.25) is 19.3 Å². The number of hydrogen-bond donors (Lipinski definition) is 1. The summed E-state index contributed by atoms with van der Waals surface area (Å²) in [7, 11) is 0. The van der Waals surface area contributed by atoms with Crippen molar-refractivity contribution < 1.29 is 18.8 Å². The number of nitrogens with zero attached hydrogens (tertiary/aromatic N) is 1. The Labute approximate surface area is 142 Å². The van der Waals surface area contributed by atoms with Crippen LogP contribution < -0.4 is 10.2 Å². The lowest BCUT2D eigenvalue weighted by Gasteiger charge is -2.14. The molecule has 1 saturated heterocycles. The average molecular weight is 347 g/mol. The Bertz CT molecular complexity index is 820. The van der Waals surface area contributed by atoms with Gasteiger partial charge in [0.1, 0.15) is 5.82 Å². The molecule has 2 aromatic rings. The van der Waals surface area contributed by atoms with Gasteiger partial charge < -0.3 is 5.32 Å². The van der Waals surface area contributed by atoms with Crippen molar-refractivity contribution in [2.45, 2.75) is 12.8 Å².